The highest BCUT2D eigenvalue weighted by atomic mass is 16.3. The second-order valence-electron chi connectivity index (χ2n) is 4.19. The van der Waals surface area contributed by atoms with Crippen molar-refractivity contribution in [2.24, 2.45) is 0 Å². The third-order valence-electron chi connectivity index (χ3n) is 2.60. The second kappa shape index (κ2) is 3.93. The van der Waals surface area contributed by atoms with E-state index in [9.17, 15) is 0 Å². The van der Waals surface area contributed by atoms with Crippen LogP contribution in [0.15, 0.2) is 40.8 Å². The van der Waals surface area contributed by atoms with Crippen LogP contribution in [0.3, 0.4) is 0 Å². The van der Waals surface area contributed by atoms with Crippen LogP contribution in [-0.2, 0) is 0 Å². The smallest absolute Gasteiger partial charge is 0.134 e. The zero-order valence-corrected chi connectivity index (χ0v) is 9.45. The molecule has 0 spiro atoms. The van der Waals surface area contributed by atoms with Crippen LogP contribution in [0.1, 0.15) is 31.1 Å². The monoisotopic (exact) mass is 200 g/mol. The van der Waals surface area contributed by atoms with Crippen molar-refractivity contribution < 1.29 is 4.42 Å². The van der Waals surface area contributed by atoms with Gasteiger partial charge in [0, 0.05) is 5.56 Å². The minimum absolute atomic E-state index is 0.581. The summed E-state index contributed by atoms with van der Waals surface area (Å²) in [5.74, 6) is 2.48. The number of hydrogen-bond donors (Lipinski definition) is 0. The summed E-state index contributed by atoms with van der Waals surface area (Å²) in [7, 11) is 0. The number of benzene rings is 1. The lowest BCUT2D eigenvalue weighted by atomic mass is 10.0. The van der Waals surface area contributed by atoms with Gasteiger partial charge in [-0.25, -0.2) is 0 Å². The Labute approximate surface area is 90.7 Å². The lowest BCUT2D eigenvalue weighted by Crippen LogP contribution is -1.85. The van der Waals surface area contributed by atoms with Crippen LogP contribution in [0, 0.1) is 6.92 Å². The van der Waals surface area contributed by atoms with Gasteiger partial charge in [-0.05, 0) is 30.5 Å². The number of hydrogen-bond acceptors (Lipinski definition) is 1. The predicted octanol–water partition coefficient (Wildman–Crippen LogP) is 4.38. The van der Waals surface area contributed by atoms with Crippen molar-refractivity contribution in [3.8, 4) is 11.3 Å². The van der Waals surface area contributed by atoms with E-state index in [-0.39, 0.29) is 0 Å². The Balaban J connectivity index is 2.31. The number of aryl methyl sites for hydroxylation is 1. The lowest BCUT2D eigenvalue weighted by molar-refractivity contribution is 0.548. The molecule has 0 saturated heterocycles. The first-order valence-electron chi connectivity index (χ1n) is 5.33. The fraction of sp³-hybridized carbons (Fsp3) is 0.286. The van der Waals surface area contributed by atoms with E-state index in [1.165, 1.54) is 5.56 Å². The Morgan fingerprint density at radius 2 is 1.60 bits per heavy atom. The predicted molar refractivity (Wildman–Crippen MR) is 63.0 cm³/mol. The molecule has 1 aromatic carbocycles. The van der Waals surface area contributed by atoms with Gasteiger partial charge in [0.25, 0.3) is 0 Å². The van der Waals surface area contributed by atoms with E-state index in [2.05, 4.69) is 38.1 Å². The van der Waals surface area contributed by atoms with Crippen LogP contribution in [0.2, 0.25) is 0 Å². The molecule has 0 aliphatic heterocycles. The fourth-order valence-corrected chi connectivity index (χ4v) is 1.62. The zero-order valence-electron chi connectivity index (χ0n) is 9.45. The van der Waals surface area contributed by atoms with Crippen LogP contribution < -0.4 is 0 Å². The molecule has 0 saturated carbocycles. The summed E-state index contributed by atoms with van der Waals surface area (Å²) in [5, 5.41) is 0. The van der Waals surface area contributed by atoms with Crippen molar-refractivity contribution in [3.63, 3.8) is 0 Å². The van der Waals surface area contributed by atoms with Crippen molar-refractivity contribution in [3.05, 3.63) is 47.7 Å². The highest BCUT2D eigenvalue weighted by Gasteiger charge is 2.03. The fourth-order valence-electron chi connectivity index (χ4n) is 1.62. The summed E-state index contributed by atoms with van der Waals surface area (Å²) in [5.41, 5.74) is 2.51. The van der Waals surface area contributed by atoms with Gasteiger partial charge in [0.15, 0.2) is 0 Å². The Kier molecular flexibility index (Phi) is 2.63. The summed E-state index contributed by atoms with van der Waals surface area (Å²) >= 11 is 0. The summed E-state index contributed by atoms with van der Waals surface area (Å²) in [6.07, 6.45) is 0. The van der Waals surface area contributed by atoms with Gasteiger partial charge in [0.05, 0.1) is 0 Å². The van der Waals surface area contributed by atoms with Gasteiger partial charge in [-0.15, -0.1) is 0 Å². The molecule has 0 N–H and O–H groups in total. The second-order valence-corrected chi connectivity index (χ2v) is 4.19. The van der Waals surface area contributed by atoms with Gasteiger partial charge in [-0.1, -0.05) is 38.1 Å². The van der Waals surface area contributed by atoms with Crippen LogP contribution in [0.25, 0.3) is 11.3 Å². The van der Waals surface area contributed by atoms with Crippen molar-refractivity contribution >= 4 is 0 Å². The van der Waals surface area contributed by atoms with Crippen LogP contribution in [-0.4, -0.2) is 0 Å². The molecule has 15 heavy (non-hydrogen) atoms. The first-order valence-corrected chi connectivity index (χ1v) is 5.33. The highest BCUT2D eigenvalue weighted by Crippen LogP contribution is 2.24. The molecular weight excluding hydrogens is 184 g/mol. The molecule has 0 aliphatic carbocycles. The Bertz CT molecular complexity index is 435. The van der Waals surface area contributed by atoms with Crippen molar-refractivity contribution in [2.45, 2.75) is 26.7 Å². The molecule has 0 amide bonds. The van der Waals surface area contributed by atoms with Gasteiger partial charge < -0.3 is 4.42 Å². The van der Waals surface area contributed by atoms with Crippen LogP contribution >= 0.6 is 0 Å². The average molecular weight is 200 g/mol. The summed E-state index contributed by atoms with van der Waals surface area (Å²) in [6, 6.07) is 12.6. The van der Waals surface area contributed by atoms with Crippen molar-refractivity contribution in [1.29, 1.82) is 0 Å². The third kappa shape index (κ3) is 2.12. The summed E-state index contributed by atoms with van der Waals surface area (Å²) < 4.78 is 5.57. The van der Waals surface area contributed by atoms with Gasteiger partial charge in [-0.3, -0.25) is 0 Å². The molecule has 78 valence electrons. The molecule has 0 aliphatic rings. The van der Waals surface area contributed by atoms with E-state index in [4.69, 9.17) is 4.42 Å². The topological polar surface area (TPSA) is 13.1 Å². The standard InChI is InChI=1S/C14H16O/c1-10(2)12-5-7-13(8-6-12)14-9-4-11(3)15-14/h4-10H,1-3H3. The molecule has 1 heterocycles. The van der Waals surface area contributed by atoms with Crippen LogP contribution in [0.5, 0.6) is 0 Å². The Hall–Kier alpha value is -1.50. The van der Waals surface area contributed by atoms with E-state index >= 15 is 0 Å². The maximum Gasteiger partial charge on any atom is 0.134 e. The maximum absolute atomic E-state index is 5.57. The average Bonchev–Trinajstić information content (AvgIpc) is 2.65. The largest absolute Gasteiger partial charge is 0.461 e. The van der Waals surface area contributed by atoms with E-state index in [1.807, 2.05) is 19.1 Å². The Morgan fingerprint density at radius 3 is 2.07 bits per heavy atom. The van der Waals surface area contributed by atoms with E-state index in [0.717, 1.165) is 17.1 Å². The van der Waals surface area contributed by atoms with Gasteiger partial charge in [0.2, 0.25) is 0 Å². The molecule has 0 unspecified atom stereocenters. The first-order chi connectivity index (χ1) is 7.16. The number of furan rings is 1. The molecular formula is C14H16O. The summed E-state index contributed by atoms with van der Waals surface area (Å²) in [4.78, 5) is 0. The minimum Gasteiger partial charge on any atom is -0.461 e. The van der Waals surface area contributed by atoms with Gasteiger partial charge >= 0.3 is 0 Å². The van der Waals surface area contributed by atoms with Gasteiger partial charge in [0.1, 0.15) is 11.5 Å². The first kappa shape index (κ1) is 10.0. The molecule has 0 radical (unpaired) electrons. The molecule has 2 rings (SSSR count). The highest BCUT2D eigenvalue weighted by molar-refractivity contribution is 5.58. The van der Waals surface area contributed by atoms with E-state index in [0.29, 0.717) is 5.92 Å². The van der Waals surface area contributed by atoms with Gasteiger partial charge in [-0.2, -0.15) is 0 Å². The normalized spacial score (nSPS) is 10.9. The molecule has 1 aromatic heterocycles. The summed E-state index contributed by atoms with van der Waals surface area (Å²) in [6.45, 7) is 6.37. The van der Waals surface area contributed by atoms with Crippen LogP contribution in [0.4, 0.5) is 0 Å². The van der Waals surface area contributed by atoms with Crippen molar-refractivity contribution in [1.82, 2.24) is 0 Å². The molecule has 1 nitrogen and oxygen atoms in total. The zero-order chi connectivity index (χ0) is 10.8. The molecule has 0 bridgehead atoms. The molecule has 2 aromatic rings. The van der Waals surface area contributed by atoms with Crippen molar-refractivity contribution in [2.75, 3.05) is 0 Å². The maximum atomic E-state index is 5.57. The molecule has 0 atom stereocenters. The third-order valence-corrected chi connectivity index (χ3v) is 2.60. The van der Waals surface area contributed by atoms with E-state index < -0.39 is 0 Å². The lowest BCUT2D eigenvalue weighted by Gasteiger charge is -2.05. The SMILES string of the molecule is Cc1ccc(-c2ccc(C(C)C)cc2)o1. The minimum atomic E-state index is 0.581. The quantitative estimate of drug-likeness (QED) is 0.701. The molecule has 0 fully saturated rings. The molecule has 1 heteroatoms. The number of rotatable bonds is 2. The Morgan fingerprint density at radius 1 is 0.933 bits per heavy atom. The van der Waals surface area contributed by atoms with E-state index in [1.54, 1.807) is 0 Å².